The maximum Gasteiger partial charge on any atom is 0.323 e. The van der Waals surface area contributed by atoms with Crippen LogP contribution in [0.15, 0.2) is 18.2 Å². The number of aromatic nitrogens is 2. The number of urea groups is 1. The van der Waals surface area contributed by atoms with E-state index in [4.69, 9.17) is 0 Å². The lowest BCUT2D eigenvalue weighted by Gasteiger charge is -2.11. The van der Waals surface area contributed by atoms with Gasteiger partial charge >= 0.3 is 6.03 Å². The van der Waals surface area contributed by atoms with Crippen molar-refractivity contribution in [2.24, 2.45) is 5.92 Å². The first-order chi connectivity index (χ1) is 10.8. The van der Waals surface area contributed by atoms with E-state index in [9.17, 15) is 4.79 Å². The number of nitrogens with zero attached hydrogens (tertiary/aromatic N) is 2. The number of aryl methyl sites for hydroxylation is 3. The average molecular weight is 314 g/mol. The second kappa shape index (κ2) is 6.86. The lowest BCUT2D eigenvalue weighted by Crippen LogP contribution is -2.21. The minimum absolute atomic E-state index is 0.243. The highest BCUT2D eigenvalue weighted by atomic mass is 16.2. The number of rotatable bonds is 4. The van der Waals surface area contributed by atoms with Crippen molar-refractivity contribution in [1.82, 2.24) is 9.78 Å². The third-order valence-electron chi connectivity index (χ3n) is 3.79. The fourth-order valence-electron chi connectivity index (χ4n) is 2.62. The second-order valence-corrected chi connectivity index (χ2v) is 6.52. The summed E-state index contributed by atoms with van der Waals surface area (Å²) >= 11 is 0. The molecule has 2 rings (SSSR count). The maximum atomic E-state index is 12.3. The fraction of sp³-hybridized carbons (Fsp3) is 0.444. The van der Waals surface area contributed by atoms with Crippen molar-refractivity contribution < 1.29 is 4.79 Å². The number of amides is 2. The standard InChI is InChI=1S/C18H26N4O/c1-11(2)10-22-15(6)17(14(5)21-22)20-18(23)19-16-8-7-12(3)9-13(16)4/h7-9,11H,10H2,1-6H3,(H2,19,20,23). The van der Waals surface area contributed by atoms with Gasteiger partial charge in [0.1, 0.15) is 0 Å². The van der Waals surface area contributed by atoms with Gasteiger partial charge in [-0.3, -0.25) is 4.68 Å². The number of carbonyl (C=O) groups excluding carboxylic acids is 1. The van der Waals surface area contributed by atoms with Crippen LogP contribution in [0.4, 0.5) is 16.2 Å². The molecule has 0 spiro atoms. The monoisotopic (exact) mass is 314 g/mol. The Bertz CT molecular complexity index is 716. The molecule has 0 aliphatic heterocycles. The van der Waals surface area contributed by atoms with E-state index in [-0.39, 0.29) is 6.03 Å². The average Bonchev–Trinajstić information content (AvgIpc) is 2.69. The van der Waals surface area contributed by atoms with Crippen LogP contribution in [0.5, 0.6) is 0 Å². The summed E-state index contributed by atoms with van der Waals surface area (Å²) in [4.78, 5) is 12.3. The van der Waals surface area contributed by atoms with E-state index in [2.05, 4.69) is 29.6 Å². The van der Waals surface area contributed by atoms with Gasteiger partial charge in [0, 0.05) is 12.2 Å². The van der Waals surface area contributed by atoms with Crippen LogP contribution in [0.2, 0.25) is 0 Å². The molecule has 0 radical (unpaired) electrons. The van der Waals surface area contributed by atoms with Gasteiger partial charge in [-0.05, 0) is 45.2 Å². The van der Waals surface area contributed by atoms with Crippen molar-refractivity contribution in [3.63, 3.8) is 0 Å². The number of anilines is 2. The third-order valence-corrected chi connectivity index (χ3v) is 3.79. The summed E-state index contributed by atoms with van der Waals surface area (Å²) in [6.45, 7) is 13.1. The molecule has 2 N–H and O–H groups in total. The third kappa shape index (κ3) is 4.12. The molecule has 124 valence electrons. The van der Waals surface area contributed by atoms with Gasteiger partial charge in [-0.2, -0.15) is 5.10 Å². The molecule has 1 heterocycles. The van der Waals surface area contributed by atoms with Crippen LogP contribution in [-0.4, -0.2) is 15.8 Å². The Hall–Kier alpha value is -2.30. The Morgan fingerprint density at radius 1 is 1.17 bits per heavy atom. The Kier molecular flexibility index (Phi) is 5.08. The van der Waals surface area contributed by atoms with Crippen LogP contribution in [0.3, 0.4) is 0 Å². The van der Waals surface area contributed by atoms with Crippen LogP contribution in [0.25, 0.3) is 0 Å². The molecular formula is C18H26N4O. The molecule has 1 aromatic carbocycles. The largest absolute Gasteiger partial charge is 0.323 e. The number of hydrogen-bond donors (Lipinski definition) is 2. The highest BCUT2D eigenvalue weighted by Crippen LogP contribution is 2.21. The summed E-state index contributed by atoms with van der Waals surface area (Å²) < 4.78 is 1.95. The van der Waals surface area contributed by atoms with E-state index >= 15 is 0 Å². The molecule has 1 aromatic heterocycles. The predicted octanol–water partition coefficient (Wildman–Crippen LogP) is 4.42. The summed E-state index contributed by atoms with van der Waals surface area (Å²) in [5, 5.41) is 10.3. The molecule has 5 heteroatoms. The van der Waals surface area contributed by atoms with Gasteiger partial charge in [0.25, 0.3) is 0 Å². The van der Waals surface area contributed by atoms with Crippen LogP contribution < -0.4 is 10.6 Å². The lowest BCUT2D eigenvalue weighted by molar-refractivity contribution is 0.262. The molecule has 0 saturated heterocycles. The predicted molar refractivity (Wildman–Crippen MR) is 95.1 cm³/mol. The van der Waals surface area contributed by atoms with E-state index < -0.39 is 0 Å². The van der Waals surface area contributed by atoms with E-state index in [1.807, 2.05) is 50.6 Å². The Balaban J connectivity index is 2.12. The summed E-state index contributed by atoms with van der Waals surface area (Å²) in [5.74, 6) is 0.505. The SMILES string of the molecule is Cc1ccc(NC(=O)Nc2c(C)nn(CC(C)C)c2C)c(C)c1. The number of hydrogen-bond acceptors (Lipinski definition) is 2. The molecule has 0 fully saturated rings. The molecule has 0 aliphatic carbocycles. The minimum Gasteiger partial charge on any atom is -0.307 e. The zero-order valence-electron chi connectivity index (χ0n) is 14.8. The van der Waals surface area contributed by atoms with Gasteiger partial charge < -0.3 is 10.6 Å². The lowest BCUT2D eigenvalue weighted by atomic mass is 10.1. The first kappa shape index (κ1) is 17.1. The summed E-state index contributed by atoms with van der Waals surface area (Å²) in [6, 6.07) is 5.71. The molecule has 0 atom stereocenters. The fourth-order valence-corrected chi connectivity index (χ4v) is 2.62. The minimum atomic E-state index is -0.243. The second-order valence-electron chi connectivity index (χ2n) is 6.52. The van der Waals surface area contributed by atoms with Crippen LogP contribution in [0, 0.1) is 33.6 Å². The topological polar surface area (TPSA) is 59.0 Å². The summed E-state index contributed by atoms with van der Waals surface area (Å²) in [6.07, 6.45) is 0. The van der Waals surface area contributed by atoms with Crippen molar-refractivity contribution in [1.29, 1.82) is 0 Å². The molecular weight excluding hydrogens is 288 g/mol. The van der Waals surface area contributed by atoms with Crippen molar-refractivity contribution in [2.45, 2.75) is 48.1 Å². The molecule has 23 heavy (non-hydrogen) atoms. The van der Waals surface area contributed by atoms with Crippen molar-refractivity contribution >= 4 is 17.4 Å². The van der Waals surface area contributed by atoms with Gasteiger partial charge in [-0.1, -0.05) is 31.5 Å². The van der Waals surface area contributed by atoms with Crippen LogP contribution in [0.1, 0.15) is 36.4 Å². The van der Waals surface area contributed by atoms with Gasteiger partial charge in [0.15, 0.2) is 0 Å². The first-order valence-corrected chi connectivity index (χ1v) is 7.97. The zero-order valence-corrected chi connectivity index (χ0v) is 14.8. The Morgan fingerprint density at radius 3 is 2.48 bits per heavy atom. The van der Waals surface area contributed by atoms with Gasteiger partial charge in [0.05, 0.1) is 17.1 Å². The van der Waals surface area contributed by atoms with Crippen LogP contribution >= 0.6 is 0 Å². The first-order valence-electron chi connectivity index (χ1n) is 7.97. The number of benzene rings is 1. The van der Waals surface area contributed by atoms with E-state index in [1.165, 1.54) is 5.56 Å². The summed E-state index contributed by atoms with van der Waals surface area (Å²) in [7, 11) is 0. The normalized spacial score (nSPS) is 10.9. The molecule has 0 aliphatic rings. The molecule has 0 saturated carbocycles. The Labute approximate surface area is 138 Å². The maximum absolute atomic E-state index is 12.3. The van der Waals surface area contributed by atoms with Gasteiger partial charge in [0.2, 0.25) is 0 Å². The Morgan fingerprint density at radius 2 is 1.87 bits per heavy atom. The van der Waals surface area contributed by atoms with E-state index in [0.717, 1.165) is 34.9 Å². The molecule has 0 unspecified atom stereocenters. The quantitative estimate of drug-likeness (QED) is 0.877. The van der Waals surface area contributed by atoms with Crippen LogP contribution in [-0.2, 0) is 6.54 Å². The highest BCUT2D eigenvalue weighted by Gasteiger charge is 2.15. The molecule has 5 nitrogen and oxygen atoms in total. The zero-order chi connectivity index (χ0) is 17.1. The molecule has 0 bridgehead atoms. The van der Waals surface area contributed by atoms with Crippen molar-refractivity contribution in [3.05, 3.63) is 40.7 Å². The van der Waals surface area contributed by atoms with E-state index in [1.54, 1.807) is 0 Å². The molecule has 2 aromatic rings. The van der Waals surface area contributed by atoms with Gasteiger partial charge in [-0.25, -0.2) is 4.79 Å². The number of nitrogens with one attached hydrogen (secondary N) is 2. The smallest absolute Gasteiger partial charge is 0.307 e. The van der Waals surface area contributed by atoms with Crippen molar-refractivity contribution in [2.75, 3.05) is 10.6 Å². The van der Waals surface area contributed by atoms with E-state index in [0.29, 0.717) is 5.92 Å². The molecule has 2 amide bonds. The van der Waals surface area contributed by atoms with Crippen molar-refractivity contribution in [3.8, 4) is 0 Å². The number of carbonyl (C=O) groups is 1. The van der Waals surface area contributed by atoms with Gasteiger partial charge in [-0.15, -0.1) is 0 Å². The summed E-state index contributed by atoms with van der Waals surface area (Å²) in [5.41, 5.74) is 5.64. The highest BCUT2D eigenvalue weighted by molar-refractivity contribution is 6.00.